The first-order valence-corrected chi connectivity index (χ1v) is 12.1. The molecule has 0 N–H and O–H groups in total. The van der Waals surface area contributed by atoms with Crippen molar-refractivity contribution < 1.29 is 4.74 Å². The SMILES string of the molecule is C=CCOc1c(C)cc(C)cc1[Si](CC)(CC)c1cccc2c1C=CC2. The van der Waals surface area contributed by atoms with E-state index in [9.17, 15) is 0 Å². The largest absolute Gasteiger partial charge is 0.489 e. The van der Waals surface area contributed by atoms with Gasteiger partial charge < -0.3 is 4.74 Å². The van der Waals surface area contributed by atoms with Gasteiger partial charge in [-0.05, 0) is 47.3 Å². The maximum absolute atomic E-state index is 6.22. The Kier molecular flexibility index (Phi) is 5.52. The van der Waals surface area contributed by atoms with Crippen molar-refractivity contribution in [1.82, 2.24) is 0 Å². The first kappa shape index (κ1) is 18.7. The van der Waals surface area contributed by atoms with Crippen LogP contribution >= 0.6 is 0 Å². The van der Waals surface area contributed by atoms with E-state index in [1.54, 1.807) is 5.19 Å². The van der Waals surface area contributed by atoms with Gasteiger partial charge in [0.25, 0.3) is 0 Å². The molecule has 0 amide bonds. The number of hydrogen-bond donors (Lipinski definition) is 0. The molecule has 2 heteroatoms. The highest BCUT2D eigenvalue weighted by Gasteiger charge is 2.39. The molecule has 1 nitrogen and oxygen atoms in total. The summed E-state index contributed by atoms with van der Waals surface area (Å²) in [6.45, 7) is 13.5. The molecule has 0 saturated carbocycles. The Morgan fingerprint density at radius 3 is 2.58 bits per heavy atom. The van der Waals surface area contributed by atoms with Gasteiger partial charge in [0.05, 0.1) is 0 Å². The van der Waals surface area contributed by atoms with Crippen LogP contribution in [0.3, 0.4) is 0 Å². The molecule has 0 unspecified atom stereocenters. The van der Waals surface area contributed by atoms with E-state index in [4.69, 9.17) is 4.74 Å². The first-order valence-electron chi connectivity index (χ1n) is 9.71. The summed E-state index contributed by atoms with van der Waals surface area (Å²) in [5.41, 5.74) is 5.50. The van der Waals surface area contributed by atoms with Crippen LogP contribution in [-0.4, -0.2) is 14.7 Å². The minimum Gasteiger partial charge on any atom is -0.489 e. The van der Waals surface area contributed by atoms with E-state index >= 15 is 0 Å². The van der Waals surface area contributed by atoms with E-state index in [0.717, 1.165) is 12.2 Å². The lowest BCUT2D eigenvalue weighted by Gasteiger charge is -2.34. The van der Waals surface area contributed by atoms with Gasteiger partial charge in [-0.2, -0.15) is 0 Å². The average Bonchev–Trinajstić information content (AvgIpc) is 3.12. The van der Waals surface area contributed by atoms with E-state index in [-0.39, 0.29) is 0 Å². The number of rotatable bonds is 7. The zero-order valence-electron chi connectivity index (χ0n) is 16.6. The number of allylic oxidation sites excluding steroid dienone is 1. The summed E-state index contributed by atoms with van der Waals surface area (Å²) < 4.78 is 6.22. The number of hydrogen-bond acceptors (Lipinski definition) is 1. The molecule has 0 radical (unpaired) electrons. The van der Waals surface area contributed by atoms with Crippen LogP contribution in [0, 0.1) is 13.8 Å². The van der Waals surface area contributed by atoms with Gasteiger partial charge in [0.2, 0.25) is 0 Å². The number of benzene rings is 2. The molecular formula is C24H30OSi. The fourth-order valence-corrected chi connectivity index (χ4v) is 9.21. The lowest BCUT2D eigenvalue weighted by molar-refractivity contribution is 0.363. The molecule has 0 fully saturated rings. The summed E-state index contributed by atoms with van der Waals surface area (Å²) in [7, 11) is -1.92. The summed E-state index contributed by atoms with van der Waals surface area (Å²) in [5, 5.41) is 3.03. The van der Waals surface area contributed by atoms with Crippen molar-refractivity contribution >= 4 is 24.5 Å². The van der Waals surface area contributed by atoms with Crippen molar-refractivity contribution in [3.05, 3.63) is 71.3 Å². The average molecular weight is 363 g/mol. The van der Waals surface area contributed by atoms with E-state index in [0.29, 0.717) is 6.61 Å². The van der Waals surface area contributed by atoms with Crippen molar-refractivity contribution in [2.75, 3.05) is 6.61 Å². The third-order valence-corrected chi connectivity index (χ3v) is 11.1. The van der Waals surface area contributed by atoms with Crippen LogP contribution in [0.1, 0.15) is 36.1 Å². The molecule has 0 heterocycles. The van der Waals surface area contributed by atoms with Gasteiger partial charge in [0, 0.05) is 0 Å². The molecule has 0 saturated heterocycles. The molecule has 0 bridgehead atoms. The summed E-state index contributed by atoms with van der Waals surface area (Å²) in [4.78, 5) is 0. The molecule has 136 valence electrons. The van der Waals surface area contributed by atoms with Crippen molar-refractivity contribution in [1.29, 1.82) is 0 Å². The minimum atomic E-state index is -1.92. The molecule has 1 aliphatic rings. The van der Waals surface area contributed by atoms with Gasteiger partial charge in [-0.15, -0.1) is 0 Å². The highest BCUT2D eigenvalue weighted by Crippen LogP contribution is 2.29. The zero-order valence-corrected chi connectivity index (χ0v) is 17.6. The zero-order chi connectivity index (χ0) is 18.7. The van der Waals surface area contributed by atoms with Crippen LogP contribution in [0.5, 0.6) is 5.75 Å². The quantitative estimate of drug-likeness (QED) is 0.495. The lowest BCUT2D eigenvalue weighted by Crippen LogP contribution is -2.58. The molecule has 1 aliphatic carbocycles. The fraction of sp³-hybridized carbons (Fsp3) is 0.333. The highest BCUT2D eigenvalue weighted by atomic mass is 28.3. The fourth-order valence-electron chi connectivity index (χ4n) is 4.51. The maximum Gasteiger partial charge on any atom is 0.123 e. The van der Waals surface area contributed by atoms with Gasteiger partial charge in [0.1, 0.15) is 20.4 Å². The van der Waals surface area contributed by atoms with Crippen molar-refractivity contribution in [3.63, 3.8) is 0 Å². The summed E-state index contributed by atoms with van der Waals surface area (Å²) in [5.74, 6) is 1.09. The summed E-state index contributed by atoms with van der Waals surface area (Å²) in [6, 6.07) is 13.9. The Labute approximate surface area is 159 Å². The third kappa shape index (κ3) is 3.07. The van der Waals surface area contributed by atoms with Crippen LogP contribution in [0.4, 0.5) is 0 Å². The molecule has 0 aromatic heterocycles. The Morgan fingerprint density at radius 1 is 1.12 bits per heavy atom. The van der Waals surface area contributed by atoms with Crippen LogP contribution in [-0.2, 0) is 6.42 Å². The Hall–Kier alpha value is -2.06. The third-order valence-electron chi connectivity index (χ3n) is 5.82. The van der Waals surface area contributed by atoms with Crippen molar-refractivity contribution in [2.45, 2.75) is 46.2 Å². The Balaban J connectivity index is 2.28. The monoisotopic (exact) mass is 362 g/mol. The molecule has 0 aliphatic heterocycles. The van der Waals surface area contributed by atoms with Crippen LogP contribution < -0.4 is 15.1 Å². The van der Waals surface area contributed by atoms with Gasteiger partial charge >= 0.3 is 0 Å². The molecule has 26 heavy (non-hydrogen) atoms. The Bertz CT molecular complexity index is 844. The second-order valence-corrected chi connectivity index (χ2v) is 12.0. The maximum atomic E-state index is 6.22. The standard InChI is InChI=1S/C24H30OSi/c1-6-15-25-24-19(5)16-18(4)17-23(24)26(7-2,8-3)22-14-10-12-20-11-9-13-21(20)22/h6,9-10,12-14,16-17H,1,7-8,11,15H2,2-5H3. The molecule has 2 aromatic carbocycles. The second kappa shape index (κ2) is 7.67. The molecule has 3 rings (SSSR count). The number of aryl methyl sites for hydroxylation is 2. The molecular weight excluding hydrogens is 332 g/mol. The number of fused-ring (bicyclic) bond motifs is 1. The predicted molar refractivity (Wildman–Crippen MR) is 117 cm³/mol. The van der Waals surface area contributed by atoms with Gasteiger partial charge in [-0.1, -0.05) is 86.6 Å². The van der Waals surface area contributed by atoms with E-state index in [2.05, 4.69) is 76.8 Å². The van der Waals surface area contributed by atoms with E-state index in [1.165, 1.54) is 39.5 Å². The lowest BCUT2D eigenvalue weighted by atomic mass is 10.1. The molecule has 2 aromatic rings. The van der Waals surface area contributed by atoms with Gasteiger partial charge in [-0.3, -0.25) is 0 Å². The van der Waals surface area contributed by atoms with Crippen LogP contribution in [0.25, 0.3) is 6.08 Å². The van der Waals surface area contributed by atoms with Gasteiger partial charge in [0.15, 0.2) is 0 Å². The van der Waals surface area contributed by atoms with Crippen molar-refractivity contribution in [2.24, 2.45) is 0 Å². The summed E-state index contributed by atoms with van der Waals surface area (Å²) in [6.07, 6.45) is 7.54. The molecule has 0 atom stereocenters. The van der Waals surface area contributed by atoms with E-state index < -0.39 is 8.07 Å². The molecule has 0 spiro atoms. The normalized spacial score (nSPS) is 12.9. The van der Waals surface area contributed by atoms with Gasteiger partial charge in [-0.25, -0.2) is 0 Å². The number of ether oxygens (including phenoxy) is 1. The smallest absolute Gasteiger partial charge is 0.123 e. The topological polar surface area (TPSA) is 9.23 Å². The van der Waals surface area contributed by atoms with E-state index in [1.807, 2.05) is 6.08 Å². The second-order valence-electron chi connectivity index (χ2n) is 7.33. The Morgan fingerprint density at radius 2 is 1.88 bits per heavy atom. The predicted octanol–water partition coefficient (Wildman–Crippen LogP) is 5.04. The highest BCUT2D eigenvalue weighted by molar-refractivity contribution is 7.03. The van der Waals surface area contributed by atoms with Crippen molar-refractivity contribution in [3.8, 4) is 5.75 Å². The first-order chi connectivity index (χ1) is 12.6. The minimum absolute atomic E-state index is 0.557. The van der Waals surface area contributed by atoms with Crippen LogP contribution in [0.2, 0.25) is 12.1 Å². The summed E-state index contributed by atoms with van der Waals surface area (Å²) >= 11 is 0. The van der Waals surface area contributed by atoms with Crippen LogP contribution in [0.15, 0.2) is 49.1 Å².